The third-order valence-electron chi connectivity index (χ3n) is 2.30. The van der Waals surface area contributed by atoms with Crippen molar-refractivity contribution < 1.29 is 19.8 Å². The first kappa shape index (κ1) is 11.7. The number of carboxylic acids is 1. The van der Waals surface area contributed by atoms with Gasteiger partial charge in [0.25, 0.3) is 0 Å². The molecular formula is C9H14N2O4. The monoisotopic (exact) mass is 214 g/mol. The van der Waals surface area contributed by atoms with Gasteiger partial charge in [-0.1, -0.05) is 0 Å². The molecule has 1 aliphatic carbocycles. The molecule has 0 saturated carbocycles. The zero-order valence-electron chi connectivity index (χ0n) is 8.30. The first-order chi connectivity index (χ1) is 6.91. The van der Waals surface area contributed by atoms with E-state index in [1.54, 1.807) is 0 Å². The van der Waals surface area contributed by atoms with Gasteiger partial charge in [0.2, 0.25) is 5.91 Å². The molecule has 6 nitrogen and oxygen atoms in total. The van der Waals surface area contributed by atoms with Crippen LogP contribution in [0.4, 0.5) is 0 Å². The number of carbonyl (C=O) groups is 2. The Morgan fingerprint density at radius 3 is 2.60 bits per heavy atom. The zero-order chi connectivity index (χ0) is 11.6. The molecule has 0 spiro atoms. The third-order valence-corrected chi connectivity index (χ3v) is 2.30. The van der Waals surface area contributed by atoms with Crippen molar-refractivity contribution in [3.63, 3.8) is 0 Å². The average Bonchev–Trinajstić information content (AvgIpc) is 2.10. The van der Waals surface area contributed by atoms with Crippen molar-refractivity contribution >= 4 is 11.9 Å². The Kier molecular flexibility index (Phi) is 3.43. The van der Waals surface area contributed by atoms with Crippen LogP contribution in [0.1, 0.15) is 13.3 Å². The smallest absolute Gasteiger partial charge is 0.331 e. The molecule has 0 radical (unpaired) electrons. The summed E-state index contributed by atoms with van der Waals surface area (Å²) in [6.07, 6.45) is 0.299. The number of carboxylic acid groups (broad SMARTS) is 1. The highest BCUT2D eigenvalue weighted by atomic mass is 16.4. The Morgan fingerprint density at radius 1 is 1.60 bits per heavy atom. The predicted molar refractivity (Wildman–Crippen MR) is 51.9 cm³/mol. The van der Waals surface area contributed by atoms with Gasteiger partial charge in [-0.2, -0.15) is 0 Å². The predicted octanol–water partition coefficient (Wildman–Crippen LogP) is -1.41. The summed E-state index contributed by atoms with van der Waals surface area (Å²) in [6, 6.07) is -1.20. The maximum absolute atomic E-state index is 10.8. The number of rotatable bonds is 2. The lowest BCUT2D eigenvalue weighted by atomic mass is 9.88. The molecular weight excluding hydrogens is 200 g/mol. The Labute approximate surface area is 86.8 Å². The van der Waals surface area contributed by atoms with Gasteiger partial charge in [0.05, 0.1) is 12.1 Å². The standard InChI is InChI=1S/C9H14N2O4/c1-4(12)11-8-6(10)2-5(9(14)15)3-7(8)13/h3,6-8,13H,2,10H2,1H3,(H,11,12)(H,14,15). The molecule has 1 aliphatic rings. The molecule has 0 aromatic carbocycles. The SMILES string of the molecule is CC(=O)NC1C(O)C=C(C(=O)O)CC1N. The number of hydrogen-bond acceptors (Lipinski definition) is 4. The second-order valence-electron chi connectivity index (χ2n) is 3.58. The van der Waals surface area contributed by atoms with Crippen molar-refractivity contribution in [1.29, 1.82) is 0 Å². The van der Waals surface area contributed by atoms with E-state index in [0.29, 0.717) is 0 Å². The number of aliphatic hydroxyl groups excluding tert-OH is 1. The molecule has 0 bridgehead atoms. The Bertz CT molecular complexity index is 313. The summed E-state index contributed by atoms with van der Waals surface area (Å²) >= 11 is 0. The van der Waals surface area contributed by atoms with Gasteiger partial charge in [-0.25, -0.2) is 4.79 Å². The fraction of sp³-hybridized carbons (Fsp3) is 0.556. The molecule has 5 N–H and O–H groups in total. The van der Waals surface area contributed by atoms with Gasteiger partial charge in [0.15, 0.2) is 0 Å². The molecule has 0 saturated heterocycles. The van der Waals surface area contributed by atoms with Gasteiger partial charge in [-0.15, -0.1) is 0 Å². The topological polar surface area (TPSA) is 113 Å². The minimum absolute atomic E-state index is 0.0802. The second kappa shape index (κ2) is 4.41. The minimum atomic E-state index is -1.09. The summed E-state index contributed by atoms with van der Waals surface area (Å²) in [7, 11) is 0. The summed E-state index contributed by atoms with van der Waals surface area (Å²) in [6.45, 7) is 1.32. The van der Waals surface area contributed by atoms with Crippen molar-refractivity contribution in [2.45, 2.75) is 31.5 Å². The summed E-state index contributed by atoms with van der Waals surface area (Å²) in [5.74, 6) is -1.40. The molecule has 6 heteroatoms. The molecule has 15 heavy (non-hydrogen) atoms. The van der Waals surface area contributed by atoms with Gasteiger partial charge < -0.3 is 21.3 Å². The first-order valence-corrected chi connectivity index (χ1v) is 4.56. The van der Waals surface area contributed by atoms with Crippen LogP contribution in [0.5, 0.6) is 0 Å². The molecule has 3 atom stereocenters. The summed E-state index contributed by atoms with van der Waals surface area (Å²) in [5.41, 5.74) is 5.75. The van der Waals surface area contributed by atoms with Gasteiger partial charge in [-0.3, -0.25) is 4.79 Å². The van der Waals surface area contributed by atoms with Crippen molar-refractivity contribution in [2.75, 3.05) is 0 Å². The lowest BCUT2D eigenvalue weighted by Gasteiger charge is -2.31. The number of nitrogens with one attached hydrogen (secondary N) is 1. The van der Waals surface area contributed by atoms with E-state index in [1.807, 2.05) is 0 Å². The van der Waals surface area contributed by atoms with Gasteiger partial charge in [0, 0.05) is 18.5 Å². The van der Waals surface area contributed by atoms with Crippen LogP contribution < -0.4 is 11.1 Å². The highest BCUT2D eigenvalue weighted by molar-refractivity contribution is 5.87. The van der Waals surface area contributed by atoms with Crippen LogP contribution in [-0.4, -0.2) is 40.3 Å². The minimum Gasteiger partial charge on any atom is -0.478 e. The van der Waals surface area contributed by atoms with Crippen molar-refractivity contribution in [2.24, 2.45) is 5.73 Å². The van der Waals surface area contributed by atoms with Crippen molar-refractivity contribution in [3.8, 4) is 0 Å². The van der Waals surface area contributed by atoms with Crippen LogP contribution in [0, 0.1) is 0 Å². The molecule has 0 aromatic heterocycles. The quantitative estimate of drug-likeness (QED) is 0.451. The third kappa shape index (κ3) is 2.77. The number of aliphatic hydroxyl groups is 1. The maximum atomic E-state index is 10.8. The van der Waals surface area contributed by atoms with Crippen LogP contribution >= 0.6 is 0 Å². The molecule has 1 amide bonds. The molecule has 1 rings (SSSR count). The Hall–Kier alpha value is -1.40. The van der Waals surface area contributed by atoms with Crippen LogP contribution in [0.2, 0.25) is 0 Å². The number of aliphatic carboxylic acids is 1. The molecule has 0 aliphatic heterocycles. The molecule has 0 heterocycles. The van der Waals surface area contributed by atoms with Gasteiger partial charge >= 0.3 is 5.97 Å². The highest BCUT2D eigenvalue weighted by Gasteiger charge is 2.32. The molecule has 84 valence electrons. The van der Waals surface area contributed by atoms with E-state index in [1.165, 1.54) is 13.0 Å². The Morgan fingerprint density at radius 2 is 2.20 bits per heavy atom. The van der Waals surface area contributed by atoms with E-state index in [-0.39, 0.29) is 17.9 Å². The maximum Gasteiger partial charge on any atom is 0.331 e. The Balaban J connectivity index is 2.80. The van der Waals surface area contributed by atoms with Crippen molar-refractivity contribution in [3.05, 3.63) is 11.6 Å². The lowest BCUT2D eigenvalue weighted by Crippen LogP contribution is -2.55. The van der Waals surface area contributed by atoms with E-state index in [2.05, 4.69) is 5.32 Å². The van der Waals surface area contributed by atoms with Crippen LogP contribution in [0.3, 0.4) is 0 Å². The van der Waals surface area contributed by atoms with E-state index in [9.17, 15) is 14.7 Å². The first-order valence-electron chi connectivity index (χ1n) is 4.56. The second-order valence-corrected chi connectivity index (χ2v) is 3.58. The summed E-state index contributed by atoms with van der Waals surface area (Å²) in [4.78, 5) is 21.5. The van der Waals surface area contributed by atoms with Gasteiger partial charge in [-0.05, 0) is 12.5 Å². The lowest BCUT2D eigenvalue weighted by molar-refractivity contribution is -0.133. The van der Waals surface area contributed by atoms with E-state index < -0.39 is 24.2 Å². The van der Waals surface area contributed by atoms with Crippen molar-refractivity contribution in [1.82, 2.24) is 5.32 Å². The number of nitrogens with two attached hydrogens (primary N) is 1. The summed E-state index contributed by atoms with van der Waals surface area (Å²) < 4.78 is 0. The largest absolute Gasteiger partial charge is 0.478 e. The zero-order valence-corrected chi connectivity index (χ0v) is 8.30. The fourth-order valence-corrected chi connectivity index (χ4v) is 1.60. The van der Waals surface area contributed by atoms with E-state index in [4.69, 9.17) is 10.8 Å². The normalized spacial score (nSPS) is 30.6. The molecule has 0 fully saturated rings. The highest BCUT2D eigenvalue weighted by Crippen LogP contribution is 2.18. The van der Waals surface area contributed by atoms with E-state index >= 15 is 0 Å². The average molecular weight is 214 g/mol. The van der Waals surface area contributed by atoms with E-state index in [0.717, 1.165) is 0 Å². The van der Waals surface area contributed by atoms with Crippen LogP contribution in [0.25, 0.3) is 0 Å². The van der Waals surface area contributed by atoms with Crippen LogP contribution in [0.15, 0.2) is 11.6 Å². The number of amides is 1. The molecule has 0 aromatic rings. The molecule has 3 unspecified atom stereocenters. The summed E-state index contributed by atoms with van der Waals surface area (Å²) in [5, 5.41) is 20.8. The number of hydrogen-bond donors (Lipinski definition) is 4. The van der Waals surface area contributed by atoms with Crippen LogP contribution in [-0.2, 0) is 9.59 Å². The number of carbonyl (C=O) groups excluding carboxylic acids is 1. The van der Waals surface area contributed by atoms with Gasteiger partial charge in [0.1, 0.15) is 0 Å². The fourth-order valence-electron chi connectivity index (χ4n) is 1.60.